The molecule has 256 valence electrons. The molecule has 3 aromatic rings. The van der Waals surface area contributed by atoms with E-state index in [2.05, 4.69) is 27.9 Å². The lowest BCUT2D eigenvalue weighted by molar-refractivity contribution is -0.109. The number of benzene rings is 2. The molecule has 3 aliphatic carbocycles. The molecular weight excluding hydrogens is 648 g/mol. The second-order valence-corrected chi connectivity index (χ2v) is 13.0. The molecule has 1 amide bonds. The van der Waals surface area contributed by atoms with Crippen molar-refractivity contribution in [1.29, 1.82) is 0 Å². The Balaban J connectivity index is 0.00000221. The standard InChI is InChI=1S/C35H34ClF4N3O3.CH5N/c1-3-4-20(16-41-33(45)21-11-22(17-42-35(40)9-10-35)19(2)30(12-21)46-23-5-6-23)29-14-25(34(18-44)7-8-34)31(39)32(43-29)24-13-26(36)28(38)15-27(24)37;1-2/h11-15,17-18,20,23,42H,2-10,16H2,1H3,(H,41,45);2H2,1H3/b22-17-;. The van der Waals surface area contributed by atoms with Crippen molar-refractivity contribution in [1.82, 2.24) is 15.6 Å². The van der Waals surface area contributed by atoms with Crippen LogP contribution in [0.15, 0.2) is 30.3 Å². The van der Waals surface area contributed by atoms with Crippen LogP contribution in [0.3, 0.4) is 0 Å². The summed E-state index contributed by atoms with van der Waals surface area (Å²) in [7, 11) is 1.50. The van der Waals surface area contributed by atoms with Crippen molar-refractivity contribution in [3.05, 3.63) is 80.1 Å². The molecule has 1 aromatic heterocycles. The third kappa shape index (κ3) is 7.68. The number of aldehydes is 1. The molecule has 0 radical (unpaired) electrons. The number of halogens is 5. The van der Waals surface area contributed by atoms with Gasteiger partial charge in [0.05, 0.1) is 16.5 Å². The van der Waals surface area contributed by atoms with Gasteiger partial charge in [0.15, 0.2) is 11.6 Å². The summed E-state index contributed by atoms with van der Waals surface area (Å²) < 4.78 is 65.2. The van der Waals surface area contributed by atoms with E-state index in [9.17, 15) is 22.8 Å². The lowest BCUT2D eigenvalue weighted by Gasteiger charge is -2.21. The predicted molar refractivity (Wildman–Crippen MR) is 177 cm³/mol. The molecule has 0 bridgehead atoms. The summed E-state index contributed by atoms with van der Waals surface area (Å²) >= 11 is 5.93. The second kappa shape index (κ2) is 14.3. The topological polar surface area (TPSA) is 106 Å². The van der Waals surface area contributed by atoms with Gasteiger partial charge in [-0.05, 0) is 63.4 Å². The first-order valence-corrected chi connectivity index (χ1v) is 16.5. The number of nitrogens with zero attached hydrogens (tertiary/aromatic N) is 1. The molecule has 6 rings (SSSR count). The zero-order chi connectivity index (χ0) is 34.8. The fourth-order valence-corrected chi connectivity index (χ4v) is 5.63. The summed E-state index contributed by atoms with van der Waals surface area (Å²) in [5.41, 5.74) is 3.44. The van der Waals surface area contributed by atoms with E-state index >= 15 is 4.39 Å². The number of amides is 1. The van der Waals surface area contributed by atoms with E-state index < -0.39 is 45.5 Å². The number of alkyl halides is 1. The molecule has 4 N–H and O–H groups in total. The Morgan fingerprint density at radius 2 is 1.83 bits per heavy atom. The Labute approximate surface area is 281 Å². The van der Waals surface area contributed by atoms with Gasteiger partial charge in [-0.15, -0.1) is 0 Å². The normalized spacial score (nSPS) is 17.9. The van der Waals surface area contributed by atoms with Crippen LogP contribution >= 0.6 is 11.6 Å². The van der Waals surface area contributed by atoms with Crippen molar-refractivity contribution < 1.29 is 31.9 Å². The van der Waals surface area contributed by atoms with Crippen LogP contribution in [0.4, 0.5) is 17.6 Å². The largest absolute Gasteiger partial charge is 0.490 e. The Morgan fingerprint density at radius 3 is 2.44 bits per heavy atom. The summed E-state index contributed by atoms with van der Waals surface area (Å²) in [4.78, 5) is 30.1. The van der Waals surface area contributed by atoms with Crippen LogP contribution in [0.1, 0.15) is 85.8 Å². The minimum atomic E-state index is -1.46. The molecule has 7 nitrogen and oxygen atoms in total. The maximum absolute atomic E-state index is 16.0. The zero-order valence-electron chi connectivity index (χ0n) is 26.9. The number of aromatic nitrogens is 1. The summed E-state index contributed by atoms with van der Waals surface area (Å²) in [6.45, 7) is 6.11. The lowest BCUT2D eigenvalue weighted by atomic mass is 9.90. The van der Waals surface area contributed by atoms with Crippen LogP contribution in [-0.4, -0.2) is 42.7 Å². The lowest BCUT2D eigenvalue weighted by Crippen LogP contribution is -2.34. The second-order valence-electron chi connectivity index (χ2n) is 12.6. The number of rotatable bonds is 13. The molecular formula is C36H39ClF4N4O3. The molecule has 3 fully saturated rings. The molecule has 1 atom stereocenters. The highest BCUT2D eigenvalue weighted by molar-refractivity contribution is 6.31. The van der Waals surface area contributed by atoms with E-state index in [4.69, 9.17) is 16.3 Å². The van der Waals surface area contributed by atoms with Crippen LogP contribution < -0.4 is 31.5 Å². The van der Waals surface area contributed by atoms with E-state index in [0.717, 1.165) is 18.9 Å². The van der Waals surface area contributed by atoms with Gasteiger partial charge in [0.25, 0.3) is 5.91 Å². The van der Waals surface area contributed by atoms with Gasteiger partial charge < -0.3 is 25.9 Å². The molecule has 2 aromatic carbocycles. The van der Waals surface area contributed by atoms with Gasteiger partial charge in [-0.25, -0.2) is 22.5 Å². The SMILES string of the molecule is C=c1c(OC2CC2)cc(C(=O)NCC(CCC)c2cc(C3(C=O)CC3)c(F)c(-c3cc(Cl)c(F)cc3F)n2)c/c1=C/NC1(F)CC1.CN. The van der Waals surface area contributed by atoms with Crippen molar-refractivity contribution in [3.63, 3.8) is 0 Å². The molecule has 1 unspecified atom stereocenters. The summed E-state index contributed by atoms with van der Waals surface area (Å²) in [6.07, 6.45) is 6.87. The number of hydrogen-bond donors (Lipinski definition) is 3. The number of carbonyl (C=O) groups excluding carboxylic acids is 2. The summed E-state index contributed by atoms with van der Waals surface area (Å²) in [5, 5.41) is 6.35. The number of hydrogen-bond acceptors (Lipinski definition) is 6. The minimum absolute atomic E-state index is 0.0411. The highest BCUT2D eigenvalue weighted by atomic mass is 35.5. The number of nitrogens with two attached hydrogens (primary N) is 1. The van der Waals surface area contributed by atoms with E-state index in [-0.39, 0.29) is 35.0 Å². The number of pyridine rings is 1. The van der Waals surface area contributed by atoms with Gasteiger partial charge in [-0.3, -0.25) is 4.79 Å². The molecule has 0 aliphatic heterocycles. The number of carbonyl (C=O) groups is 2. The summed E-state index contributed by atoms with van der Waals surface area (Å²) in [6, 6.07) is 6.28. The molecule has 0 spiro atoms. The third-order valence-corrected chi connectivity index (χ3v) is 9.15. The quantitative estimate of drug-likeness (QED) is 0.0926. The fraction of sp³-hybridized carbons (Fsp3) is 0.417. The van der Waals surface area contributed by atoms with Crippen LogP contribution in [-0.2, 0) is 10.2 Å². The molecule has 3 aliphatic rings. The van der Waals surface area contributed by atoms with Crippen LogP contribution in [0, 0.1) is 17.5 Å². The monoisotopic (exact) mass is 686 g/mol. The van der Waals surface area contributed by atoms with Gasteiger partial charge in [-0.1, -0.05) is 31.5 Å². The van der Waals surface area contributed by atoms with Crippen LogP contribution in [0.25, 0.3) is 24.0 Å². The van der Waals surface area contributed by atoms with Gasteiger partial charge in [0.2, 0.25) is 0 Å². The van der Waals surface area contributed by atoms with Crippen molar-refractivity contribution in [2.75, 3.05) is 13.6 Å². The van der Waals surface area contributed by atoms with E-state index in [1.807, 2.05) is 6.92 Å². The summed E-state index contributed by atoms with van der Waals surface area (Å²) in [5.74, 6) is -4.81. The smallest absolute Gasteiger partial charge is 0.251 e. The first kappa shape index (κ1) is 35.3. The van der Waals surface area contributed by atoms with Gasteiger partial charge in [0.1, 0.15) is 29.4 Å². The van der Waals surface area contributed by atoms with E-state index in [1.54, 1.807) is 12.1 Å². The van der Waals surface area contributed by atoms with Crippen molar-refractivity contribution in [2.24, 2.45) is 5.73 Å². The maximum Gasteiger partial charge on any atom is 0.251 e. The molecule has 1 heterocycles. The van der Waals surface area contributed by atoms with E-state index in [1.165, 1.54) is 19.3 Å². The average Bonchev–Trinajstić information content (AvgIpc) is 3.97. The highest BCUT2D eigenvalue weighted by Gasteiger charge is 2.47. The van der Waals surface area contributed by atoms with Gasteiger partial charge in [-0.2, -0.15) is 0 Å². The van der Waals surface area contributed by atoms with Crippen molar-refractivity contribution in [2.45, 2.75) is 81.5 Å². The Morgan fingerprint density at radius 1 is 1.12 bits per heavy atom. The highest BCUT2D eigenvalue weighted by Crippen LogP contribution is 2.49. The Kier molecular flexibility index (Phi) is 10.5. The van der Waals surface area contributed by atoms with Gasteiger partial charge >= 0.3 is 0 Å². The molecule has 48 heavy (non-hydrogen) atoms. The molecule has 0 saturated heterocycles. The average molecular weight is 687 g/mol. The maximum atomic E-state index is 16.0. The number of ether oxygens (including phenoxy) is 1. The zero-order valence-corrected chi connectivity index (χ0v) is 27.7. The third-order valence-electron chi connectivity index (χ3n) is 8.86. The first-order valence-electron chi connectivity index (χ1n) is 16.1. The minimum Gasteiger partial charge on any atom is -0.490 e. The molecule has 3 saturated carbocycles. The number of nitrogens with one attached hydrogen (secondary N) is 2. The van der Waals surface area contributed by atoms with Crippen molar-refractivity contribution in [3.8, 4) is 17.0 Å². The fourth-order valence-electron chi connectivity index (χ4n) is 5.47. The Bertz CT molecular complexity index is 1830. The van der Waals surface area contributed by atoms with Gasteiger partial charge in [0, 0.05) is 70.4 Å². The first-order chi connectivity index (χ1) is 23.0. The van der Waals surface area contributed by atoms with E-state index in [0.29, 0.717) is 72.8 Å². The Hall–Kier alpha value is -3.96. The van der Waals surface area contributed by atoms with Crippen LogP contribution in [0.5, 0.6) is 5.75 Å². The predicted octanol–water partition coefficient (Wildman–Crippen LogP) is 5.68. The van der Waals surface area contributed by atoms with Crippen LogP contribution in [0.2, 0.25) is 5.02 Å². The molecule has 12 heteroatoms. The van der Waals surface area contributed by atoms with Crippen molar-refractivity contribution >= 4 is 36.6 Å².